The minimum absolute atomic E-state index is 0.342. The molecule has 0 rings (SSSR count). The number of ether oxygens (including phenoxy) is 1. The van der Waals surface area contributed by atoms with E-state index in [2.05, 4.69) is 6.58 Å². The van der Waals surface area contributed by atoms with E-state index in [-0.39, 0.29) is 0 Å². The number of allylic oxidation sites excluding steroid dienone is 2. The molecule has 0 atom stereocenters. The third-order valence-corrected chi connectivity index (χ3v) is 1.17. The average molecular weight is 141 g/mol. The molecule has 0 amide bonds. The van der Waals surface area contributed by atoms with Gasteiger partial charge < -0.3 is 10.5 Å². The highest BCUT2D eigenvalue weighted by molar-refractivity contribution is 4.95. The molecular formula is C8H15NO. The topological polar surface area (TPSA) is 35.2 Å². The van der Waals surface area contributed by atoms with Gasteiger partial charge in [0.1, 0.15) is 5.76 Å². The van der Waals surface area contributed by atoms with Gasteiger partial charge in [-0.25, -0.2) is 0 Å². The Balaban J connectivity index is 3.81. The molecule has 0 aliphatic heterocycles. The molecule has 0 unspecified atom stereocenters. The van der Waals surface area contributed by atoms with Crippen molar-refractivity contribution in [2.45, 2.75) is 20.8 Å². The summed E-state index contributed by atoms with van der Waals surface area (Å²) in [5.41, 5.74) is 5.19. The smallest absolute Gasteiger partial charge is 0.116 e. The van der Waals surface area contributed by atoms with Crippen LogP contribution in [0.4, 0.5) is 0 Å². The summed E-state index contributed by atoms with van der Waals surface area (Å²) < 4.78 is 5.20. The normalized spacial score (nSPS) is 11.8. The quantitative estimate of drug-likeness (QED) is 0.610. The van der Waals surface area contributed by atoms with E-state index in [0.717, 1.165) is 5.76 Å². The Hall–Kier alpha value is -0.920. The lowest BCUT2D eigenvalue weighted by Crippen LogP contribution is -1.98. The lowest BCUT2D eigenvalue weighted by Gasteiger charge is -2.10. The number of hydrogen-bond acceptors (Lipinski definition) is 2. The van der Waals surface area contributed by atoms with Crippen molar-refractivity contribution in [2.24, 2.45) is 11.7 Å². The molecule has 0 fully saturated rings. The molecule has 2 nitrogen and oxygen atoms in total. The molecule has 0 aliphatic carbocycles. The fourth-order valence-electron chi connectivity index (χ4n) is 0.359. The maximum Gasteiger partial charge on any atom is 0.116 e. The highest BCUT2D eigenvalue weighted by Gasteiger charge is 2.00. The van der Waals surface area contributed by atoms with Gasteiger partial charge in [0, 0.05) is 12.1 Å². The second-order valence-corrected chi connectivity index (χ2v) is 2.50. The first-order chi connectivity index (χ1) is 4.57. The summed E-state index contributed by atoms with van der Waals surface area (Å²) in [4.78, 5) is 0. The van der Waals surface area contributed by atoms with Crippen molar-refractivity contribution in [3.8, 4) is 0 Å². The second-order valence-electron chi connectivity index (χ2n) is 2.50. The van der Waals surface area contributed by atoms with Crippen molar-refractivity contribution in [3.05, 3.63) is 24.3 Å². The Morgan fingerprint density at radius 1 is 1.60 bits per heavy atom. The van der Waals surface area contributed by atoms with E-state index < -0.39 is 0 Å². The van der Waals surface area contributed by atoms with Crippen LogP contribution in [0, 0.1) is 5.92 Å². The molecule has 0 saturated heterocycles. The van der Waals surface area contributed by atoms with Crippen LogP contribution in [0.5, 0.6) is 0 Å². The van der Waals surface area contributed by atoms with E-state index in [0.29, 0.717) is 11.7 Å². The van der Waals surface area contributed by atoms with Crippen LogP contribution in [0.25, 0.3) is 0 Å². The number of rotatable bonds is 3. The fourth-order valence-corrected chi connectivity index (χ4v) is 0.359. The van der Waals surface area contributed by atoms with E-state index in [1.807, 2.05) is 13.8 Å². The molecule has 0 spiro atoms. The van der Waals surface area contributed by atoms with E-state index in [9.17, 15) is 0 Å². The molecule has 0 aromatic carbocycles. The Bertz CT molecular complexity index is 147. The molecule has 0 aromatic rings. The number of nitrogens with two attached hydrogens (primary N) is 1. The first-order valence-electron chi connectivity index (χ1n) is 3.33. The first kappa shape index (κ1) is 9.08. The standard InChI is InChI=1S/C8H15NO/c1-6(2)8(4)10-7(3)5-9/h5-6H,4,9H2,1-3H3/b7-5-. The zero-order chi connectivity index (χ0) is 8.15. The van der Waals surface area contributed by atoms with Gasteiger partial charge in [-0.1, -0.05) is 20.4 Å². The predicted molar refractivity (Wildman–Crippen MR) is 43.0 cm³/mol. The lowest BCUT2D eigenvalue weighted by atomic mass is 10.2. The summed E-state index contributed by atoms with van der Waals surface area (Å²) >= 11 is 0. The summed E-state index contributed by atoms with van der Waals surface area (Å²) in [7, 11) is 0. The van der Waals surface area contributed by atoms with Crippen LogP contribution in [0.2, 0.25) is 0 Å². The zero-order valence-electron chi connectivity index (χ0n) is 6.85. The van der Waals surface area contributed by atoms with E-state index in [4.69, 9.17) is 10.5 Å². The largest absolute Gasteiger partial charge is 0.465 e. The Morgan fingerprint density at radius 3 is 2.40 bits per heavy atom. The molecule has 2 N–H and O–H groups in total. The summed E-state index contributed by atoms with van der Waals surface area (Å²) in [5.74, 6) is 1.78. The van der Waals surface area contributed by atoms with Crippen LogP contribution in [0.1, 0.15) is 20.8 Å². The second kappa shape index (κ2) is 3.99. The van der Waals surface area contributed by atoms with Gasteiger partial charge in [-0.05, 0) is 6.92 Å². The van der Waals surface area contributed by atoms with E-state index in [1.54, 1.807) is 6.92 Å². The monoisotopic (exact) mass is 141 g/mol. The van der Waals surface area contributed by atoms with Crippen LogP contribution in [0.3, 0.4) is 0 Å². The van der Waals surface area contributed by atoms with Gasteiger partial charge in [0.25, 0.3) is 0 Å². The van der Waals surface area contributed by atoms with Crippen LogP contribution >= 0.6 is 0 Å². The third kappa shape index (κ3) is 3.17. The molecule has 0 saturated carbocycles. The van der Waals surface area contributed by atoms with Crippen molar-refractivity contribution in [1.82, 2.24) is 0 Å². The Kier molecular flexibility index (Phi) is 3.62. The van der Waals surface area contributed by atoms with Gasteiger partial charge >= 0.3 is 0 Å². The summed E-state index contributed by atoms with van der Waals surface area (Å²) in [5, 5.41) is 0. The van der Waals surface area contributed by atoms with Crippen LogP contribution in [-0.4, -0.2) is 0 Å². The predicted octanol–water partition coefficient (Wildman–Crippen LogP) is 1.99. The molecule has 0 radical (unpaired) electrons. The molecule has 10 heavy (non-hydrogen) atoms. The molecule has 0 aromatic heterocycles. The Labute approximate surface area is 62.4 Å². The lowest BCUT2D eigenvalue weighted by molar-refractivity contribution is 0.269. The van der Waals surface area contributed by atoms with Crippen molar-refractivity contribution in [2.75, 3.05) is 0 Å². The number of hydrogen-bond donors (Lipinski definition) is 1. The summed E-state index contributed by atoms with van der Waals surface area (Å²) in [6.07, 6.45) is 1.42. The maximum absolute atomic E-state index is 5.20. The first-order valence-corrected chi connectivity index (χ1v) is 3.33. The summed E-state index contributed by atoms with van der Waals surface area (Å²) in [6.45, 7) is 9.56. The fraction of sp³-hybridized carbons (Fsp3) is 0.500. The minimum atomic E-state index is 0.342. The third-order valence-electron chi connectivity index (χ3n) is 1.17. The molecule has 0 heterocycles. The van der Waals surface area contributed by atoms with Crippen molar-refractivity contribution in [1.29, 1.82) is 0 Å². The highest BCUT2D eigenvalue weighted by atomic mass is 16.5. The van der Waals surface area contributed by atoms with Crippen molar-refractivity contribution >= 4 is 0 Å². The zero-order valence-corrected chi connectivity index (χ0v) is 6.85. The van der Waals surface area contributed by atoms with Gasteiger partial charge in [0.15, 0.2) is 0 Å². The minimum Gasteiger partial charge on any atom is -0.465 e. The van der Waals surface area contributed by atoms with Crippen molar-refractivity contribution in [3.63, 3.8) is 0 Å². The molecule has 2 heteroatoms. The van der Waals surface area contributed by atoms with Crippen LogP contribution in [0.15, 0.2) is 24.3 Å². The summed E-state index contributed by atoms with van der Waals surface area (Å²) in [6, 6.07) is 0. The molecule has 0 bridgehead atoms. The van der Waals surface area contributed by atoms with Gasteiger partial charge in [-0.2, -0.15) is 0 Å². The van der Waals surface area contributed by atoms with Gasteiger partial charge in [-0.3, -0.25) is 0 Å². The maximum atomic E-state index is 5.20. The van der Waals surface area contributed by atoms with Crippen LogP contribution < -0.4 is 5.73 Å². The SMILES string of the molecule is C=C(O/C(C)=C\N)C(C)C. The van der Waals surface area contributed by atoms with Gasteiger partial charge in [0.05, 0.1) is 5.76 Å². The van der Waals surface area contributed by atoms with Crippen molar-refractivity contribution < 1.29 is 4.74 Å². The molecular weight excluding hydrogens is 126 g/mol. The van der Waals surface area contributed by atoms with E-state index >= 15 is 0 Å². The van der Waals surface area contributed by atoms with Gasteiger partial charge in [-0.15, -0.1) is 0 Å². The van der Waals surface area contributed by atoms with Crippen LogP contribution in [-0.2, 0) is 4.74 Å². The highest BCUT2D eigenvalue weighted by Crippen LogP contribution is 2.11. The van der Waals surface area contributed by atoms with Gasteiger partial charge in [0.2, 0.25) is 0 Å². The molecule has 58 valence electrons. The molecule has 0 aliphatic rings. The average Bonchev–Trinajstić information content (AvgIpc) is 1.87. The Morgan fingerprint density at radius 2 is 2.10 bits per heavy atom. The van der Waals surface area contributed by atoms with E-state index in [1.165, 1.54) is 6.20 Å².